The third-order valence-electron chi connectivity index (χ3n) is 5.25. The molecule has 0 aliphatic carbocycles. The van der Waals surface area contributed by atoms with Crippen LogP contribution >= 0.6 is 11.8 Å². The highest BCUT2D eigenvalue weighted by molar-refractivity contribution is 8.01. The van der Waals surface area contributed by atoms with Gasteiger partial charge in [0.2, 0.25) is 11.8 Å². The third-order valence-corrected chi connectivity index (χ3v) is 6.82. The van der Waals surface area contributed by atoms with Gasteiger partial charge in [0, 0.05) is 18.8 Å². The van der Waals surface area contributed by atoms with Crippen molar-refractivity contribution in [2.45, 2.75) is 42.1 Å². The highest BCUT2D eigenvalue weighted by Gasteiger charge is 2.63. The van der Waals surface area contributed by atoms with Gasteiger partial charge < -0.3 is 20.2 Å². The number of carbonyl (C=O) groups is 2. The van der Waals surface area contributed by atoms with Gasteiger partial charge in [0.25, 0.3) is 0 Å². The van der Waals surface area contributed by atoms with Crippen molar-refractivity contribution >= 4 is 29.9 Å². The summed E-state index contributed by atoms with van der Waals surface area (Å²) in [4.78, 5) is 33.9. The highest BCUT2D eigenvalue weighted by Crippen LogP contribution is 2.56. The number of phenols is 1. The molecule has 3 heterocycles. The summed E-state index contributed by atoms with van der Waals surface area (Å²) in [6.07, 6.45) is 1.55. The van der Waals surface area contributed by atoms with Crippen LogP contribution in [0, 0.1) is 0 Å². The Morgan fingerprint density at radius 2 is 2.10 bits per heavy atom. The van der Waals surface area contributed by atoms with E-state index in [-0.39, 0.29) is 33.7 Å². The lowest BCUT2D eigenvalue weighted by atomic mass is 9.95. The first-order valence-electron chi connectivity index (χ1n) is 9.71. The van der Waals surface area contributed by atoms with E-state index in [2.05, 4.69) is 30.9 Å². The molecule has 12 heteroatoms. The van der Waals surface area contributed by atoms with Gasteiger partial charge in [0.05, 0.1) is 6.34 Å². The van der Waals surface area contributed by atoms with E-state index < -0.39 is 12.1 Å². The molecule has 2 saturated heterocycles. The van der Waals surface area contributed by atoms with Crippen molar-refractivity contribution in [1.29, 1.82) is 0 Å². The number of amides is 2. The van der Waals surface area contributed by atoms with Gasteiger partial charge in [-0.2, -0.15) is 5.21 Å². The van der Waals surface area contributed by atoms with Crippen LogP contribution in [0.1, 0.15) is 37.3 Å². The van der Waals surface area contributed by atoms with Crippen LogP contribution in [0.3, 0.4) is 0 Å². The van der Waals surface area contributed by atoms with Crippen LogP contribution in [0.15, 0.2) is 29.3 Å². The quantitative estimate of drug-likeness (QED) is 0.332. The number of rotatable bonds is 6. The van der Waals surface area contributed by atoms with Gasteiger partial charge in [-0.3, -0.25) is 14.6 Å². The predicted octanol–water partition coefficient (Wildman–Crippen LogP) is 0.456. The van der Waals surface area contributed by atoms with Crippen molar-refractivity contribution in [3.8, 4) is 5.75 Å². The molecule has 4 atom stereocenters. The van der Waals surface area contributed by atoms with E-state index in [1.165, 1.54) is 12.1 Å². The molecule has 1 aromatic carbocycles. The summed E-state index contributed by atoms with van der Waals surface area (Å²) in [5.74, 6) is -0.0208. The number of benzene rings is 1. The Hall–Kier alpha value is -3.15. The van der Waals surface area contributed by atoms with Gasteiger partial charge in [0.15, 0.2) is 11.9 Å². The Bertz CT molecular complexity index is 992. The number of carbonyl (C=O) groups excluding carboxylic acids is 2. The second-order valence-corrected chi connectivity index (χ2v) is 10.0. The van der Waals surface area contributed by atoms with Crippen LogP contribution in [0.5, 0.6) is 5.75 Å². The molecule has 2 aliphatic rings. The van der Waals surface area contributed by atoms with Gasteiger partial charge in [-0.05, 0) is 31.5 Å². The first-order valence-corrected chi connectivity index (χ1v) is 10.6. The van der Waals surface area contributed by atoms with E-state index >= 15 is 0 Å². The Labute approximate surface area is 183 Å². The zero-order valence-electron chi connectivity index (χ0n) is 17.6. The first-order chi connectivity index (χ1) is 14.7. The van der Waals surface area contributed by atoms with Gasteiger partial charge in [-0.25, -0.2) is 0 Å². The van der Waals surface area contributed by atoms with E-state index in [4.69, 9.17) is 0 Å². The maximum Gasteiger partial charge on any atom is 0.250 e. The molecular formula is C19H24N8O3S. The zero-order valence-corrected chi connectivity index (χ0v) is 18.4. The zero-order chi connectivity index (χ0) is 22.3. The molecule has 2 fully saturated rings. The summed E-state index contributed by atoms with van der Waals surface area (Å²) in [5.41, 5.74) is 0.612. The van der Waals surface area contributed by atoms with Crippen molar-refractivity contribution in [2.75, 3.05) is 14.1 Å². The molecule has 0 saturated carbocycles. The largest absolute Gasteiger partial charge is 0.508 e. The van der Waals surface area contributed by atoms with Crippen LogP contribution in [-0.2, 0) is 9.59 Å². The molecule has 164 valence electrons. The lowest BCUT2D eigenvalue weighted by molar-refractivity contribution is -0.152. The smallest absolute Gasteiger partial charge is 0.250 e. The number of thioether (sulfide) groups is 1. The van der Waals surface area contributed by atoms with Crippen LogP contribution in [0.4, 0.5) is 0 Å². The third kappa shape index (κ3) is 3.82. The molecule has 2 aliphatic heterocycles. The van der Waals surface area contributed by atoms with E-state index in [1.807, 2.05) is 13.8 Å². The topological polar surface area (TPSA) is 140 Å². The number of fused-ring (bicyclic) bond motifs is 1. The average molecular weight is 445 g/mol. The number of hydrogen-bond acceptors (Lipinski definition) is 8. The number of tetrazole rings is 1. The predicted molar refractivity (Wildman–Crippen MR) is 114 cm³/mol. The van der Waals surface area contributed by atoms with Crippen molar-refractivity contribution in [3.63, 3.8) is 0 Å². The first kappa shape index (κ1) is 21.1. The number of H-pyrrole nitrogens is 1. The number of aromatic hydroxyl groups is 1. The summed E-state index contributed by atoms with van der Waals surface area (Å²) in [5, 5.41) is 26.4. The van der Waals surface area contributed by atoms with Crippen LogP contribution < -0.4 is 5.32 Å². The Morgan fingerprint density at radius 3 is 2.71 bits per heavy atom. The number of aromatic amines is 1. The minimum absolute atomic E-state index is 0.0985. The fourth-order valence-electron chi connectivity index (χ4n) is 3.84. The molecule has 2 amide bonds. The Morgan fingerprint density at radius 1 is 1.39 bits per heavy atom. The van der Waals surface area contributed by atoms with Gasteiger partial charge in [0.1, 0.15) is 23.2 Å². The van der Waals surface area contributed by atoms with E-state index in [0.717, 1.165) is 0 Å². The molecule has 3 N–H and O–H groups in total. The lowest BCUT2D eigenvalue weighted by Gasteiger charge is -2.44. The molecule has 0 radical (unpaired) electrons. The van der Waals surface area contributed by atoms with Crippen LogP contribution in [0.2, 0.25) is 0 Å². The monoisotopic (exact) mass is 444 g/mol. The lowest BCUT2D eigenvalue weighted by Crippen LogP contribution is -2.68. The van der Waals surface area contributed by atoms with E-state index in [1.54, 1.807) is 54.1 Å². The fraction of sp³-hybridized carbons (Fsp3) is 0.474. The highest BCUT2D eigenvalue weighted by atomic mass is 32.2. The van der Waals surface area contributed by atoms with Crippen LogP contribution in [-0.4, -0.2) is 83.9 Å². The minimum Gasteiger partial charge on any atom is -0.508 e. The number of hydrogen-bond donors (Lipinski definition) is 3. The molecule has 3 unspecified atom stereocenters. The molecule has 1 aromatic heterocycles. The summed E-state index contributed by atoms with van der Waals surface area (Å²) in [6, 6.07) is 4.44. The summed E-state index contributed by atoms with van der Waals surface area (Å²) >= 11 is 1.59. The Kier molecular flexibility index (Phi) is 5.33. The molecule has 2 aromatic rings. The van der Waals surface area contributed by atoms with Crippen molar-refractivity contribution in [3.05, 3.63) is 35.7 Å². The van der Waals surface area contributed by atoms with Gasteiger partial charge in [-0.1, -0.05) is 17.3 Å². The number of nitrogens with one attached hydrogen (secondary N) is 2. The fourth-order valence-corrected chi connectivity index (χ4v) is 5.47. The second kappa shape index (κ2) is 7.84. The maximum atomic E-state index is 13.1. The van der Waals surface area contributed by atoms with E-state index in [9.17, 15) is 14.7 Å². The number of nitrogens with zero attached hydrogens (tertiary/aromatic N) is 6. The van der Waals surface area contributed by atoms with Crippen LogP contribution in [0.25, 0.3) is 0 Å². The van der Waals surface area contributed by atoms with E-state index in [0.29, 0.717) is 11.4 Å². The molecule has 4 rings (SSSR count). The van der Waals surface area contributed by atoms with Gasteiger partial charge >= 0.3 is 0 Å². The SMILES string of the molecule is CN(C)C=NC(C(=O)NC1C(=O)N2C(c3nn[nH]n3)C(C)(C)S[C@@H]12)c1ccc(O)cc1. The van der Waals surface area contributed by atoms with Crippen molar-refractivity contribution in [2.24, 2.45) is 4.99 Å². The molecule has 0 spiro atoms. The molecule has 31 heavy (non-hydrogen) atoms. The number of aliphatic imine (C=N–C) groups is 1. The maximum absolute atomic E-state index is 13.1. The summed E-state index contributed by atoms with van der Waals surface area (Å²) in [6.45, 7) is 4.04. The number of aromatic nitrogens is 4. The molecular weight excluding hydrogens is 420 g/mol. The second-order valence-electron chi connectivity index (χ2n) is 8.24. The normalized spacial score (nSPS) is 25.2. The number of β-lactam (4-membered cyclic amide) rings is 1. The van der Waals surface area contributed by atoms with Gasteiger partial charge in [-0.15, -0.1) is 22.0 Å². The standard InChI is InChI=1S/C19H24N8O3S/c1-19(2)14(15-22-24-25-23-15)27-17(30)13(18(27)31-19)21-16(29)12(20-9-26(3)4)10-5-7-11(28)8-6-10/h5-9,12-14,18,28H,1-4H3,(H,21,29)(H,22,23,24,25)/t12?,13?,14?,18-/m0/s1. The number of phenolic OH excluding ortho intramolecular Hbond substituents is 1. The summed E-state index contributed by atoms with van der Waals surface area (Å²) in [7, 11) is 3.61. The molecule has 0 bridgehead atoms. The summed E-state index contributed by atoms with van der Waals surface area (Å²) < 4.78 is -0.344. The van der Waals surface area contributed by atoms with Crippen molar-refractivity contribution < 1.29 is 14.7 Å². The molecule has 11 nitrogen and oxygen atoms in total. The van der Waals surface area contributed by atoms with Crippen molar-refractivity contribution in [1.82, 2.24) is 35.7 Å². The Balaban J connectivity index is 1.53. The minimum atomic E-state index is -0.850. The average Bonchev–Trinajstić information content (AvgIpc) is 3.31.